The number of aromatic nitrogens is 2. The van der Waals surface area contributed by atoms with E-state index in [0.29, 0.717) is 16.4 Å². The zero-order chi connectivity index (χ0) is 20.8. The van der Waals surface area contributed by atoms with Crippen LogP contribution < -0.4 is 15.6 Å². The van der Waals surface area contributed by atoms with Gasteiger partial charge in [-0.05, 0) is 42.5 Å². The average Bonchev–Trinajstić information content (AvgIpc) is 2.73. The second-order valence-corrected chi connectivity index (χ2v) is 6.23. The minimum Gasteiger partial charge on any atom is -0.438 e. The number of nitrogens with zero attached hydrogens (tertiary/aromatic N) is 3. The van der Waals surface area contributed by atoms with Gasteiger partial charge >= 0.3 is 0 Å². The lowest BCUT2D eigenvalue weighted by molar-refractivity contribution is -0.116. The molecule has 0 bridgehead atoms. The van der Waals surface area contributed by atoms with Gasteiger partial charge in [-0.25, -0.2) is 0 Å². The molecule has 1 N–H and O–H groups in total. The molecule has 1 amide bonds. The SMILES string of the molecule is C=CCNC(=O)C(C#N)=Cc1c(Oc2ccc(Cl)cc2)nc2ccccn2c1=O. The van der Waals surface area contributed by atoms with Crippen LogP contribution in [0.5, 0.6) is 11.6 Å². The Morgan fingerprint density at radius 3 is 2.76 bits per heavy atom. The van der Waals surface area contributed by atoms with E-state index in [1.807, 2.05) is 0 Å². The first-order chi connectivity index (χ1) is 14.0. The van der Waals surface area contributed by atoms with Gasteiger partial charge in [-0.15, -0.1) is 6.58 Å². The Morgan fingerprint density at radius 1 is 1.31 bits per heavy atom. The van der Waals surface area contributed by atoms with E-state index >= 15 is 0 Å². The van der Waals surface area contributed by atoms with Crippen LogP contribution in [0, 0.1) is 11.3 Å². The highest BCUT2D eigenvalue weighted by Crippen LogP contribution is 2.25. The zero-order valence-corrected chi connectivity index (χ0v) is 15.9. The van der Waals surface area contributed by atoms with E-state index in [2.05, 4.69) is 16.9 Å². The normalized spacial score (nSPS) is 11.0. The summed E-state index contributed by atoms with van der Waals surface area (Å²) in [5, 5.41) is 12.4. The van der Waals surface area contributed by atoms with Gasteiger partial charge in [-0.2, -0.15) is 10.2 Å². The van der Waals surface area contributed by atoms with E-state index in [1.165, 1.54) is 22.7 Å². The fourth-order valence-corrected chi connectivity index (χ4v) is 2.58. The molecule has 0 aliphatic heterocycles. The van der Waals surface area contributed by atoms with Crippen molar-refractivity contribution in [2.45, 2.75) is 0 Å². The van der Waals surface area contributed by atoms with Gasteiger partial charge in [0, 0.05) is 17.8 Å². The van der Waals surface area contributed by atoms with Crippen LogP contribution in [-0.2, 0) is 4.79 Å². The van der Waals surface area contributed by atoms with Crippen LogP contribution in [0.3, 0.4) is 0 Å². The third kappa shape index (κ3) is 4.51. The number of hydrogen-bond acceptors (Lipinski definition) is 5. The van der Waals surface area contributed by atoms with E-state index in [9.17, 15) is 14.9 Å². The van der Waals surface area contributed by atoms with Crippen molar-refractivity contribution in [3.8, 4) is 17.7 Å². The fourth-order valence-electron chi connectivity index (χ4n) is 2.45. The lowest BCUT2D eigenvalue weighted by atomic mass is 10.1. The quantitative estimate of drug-likeness (QED) is 0.384. The standard InChI is InChI=1S/C21H15ClN4O3/c1-2-10-24-19(27)14(13-23)12-17-20(29-16-8-6-15(22)7-9-16)25-18-5-3-4-11-26(18)21(17)28/h2-9,11-12H,1,10H2,(H,24,27). The van der Waals surface area contributed by atoms with Crippen molar-refractivity contribution in [1.82, 2.24) is 14.7 Å². The van der Waals surface area contributed by atoms with Crippen LogP contribution >= 0.6 is 11.6 Å². The van der Waals surface area contributed by atoms with Crippen molar-refractivity contribution in [2.24, 2.45) is 0 Å². The van der Waals surface area contributed by atoms with Gasteiger partial charge in [-0.1, -0.05) is 23.7 Å². The summed E-state index contributed by atoms with van der Waals surface area (Å²) in [7, 11) is 0. The molecule has 0 aliphatic rings. The molecule has 2 heterocycles. The molecule has 2 aromatic heterocycles. The second-order valence-electron chi connectivity index (χ2n) is 5.79. The van der Waals surface area contributed by atoms with Crippen LogP contribution in [0.4, 0.5) is 0 Å². The maximum absolute atomic E-state index is 13.0. The molecule has 0 radical (unpaired) electrons. The van der Waals surface area contributed by atoms with Gasteiger partial charge < -0.3 is 10.1 Å². The van der Waals surface area contributed by atoms with Gasteiger partial charge in [0.15, 0.2) is 0 Å². The monoisotopic (exact) mass is 406 g/mol. The predicted octanol–water partition coefficient (Wildman–Crippen LogP) is 3.35. The van der Waals surface area contributed by atoms with Crippen LogP contribution in [0.15, 0.2) is 71.7 Å². The molecule has 3 aromatic rings. The molecule has 0 spiro atoms. The maximum Gasteiger partial charge on any atom is 0.269 e. The minimum absolute atomic E-state index is 0.0334. The molecule has 7 nitrogen and oxygen atoms in total. The number of fused-ring (bicyclic) bond motifs is 1. The van der Waals surface area contributed by atoms with Gasteiger partial charge in [0.1, 0.15) is 28.6 Å². The number of amides is 1. The van der Waals surface area contributed by atoms with Crippen LogP contribution in [-0.4, -0.2) is 21.8 Å². The minimum atomic E-state index is -0.637. The molecular weight excluding hydrogens is 392 g/mol. The number of halogens is 1. The van der Waals surface area contributed by atoms with E-state index in [1.54, 1.807) is 48.5 Å². The van der Waals surface area contributed by atoms with Crippen molar-refractivity contribution >= 4 is 29.2 Å². The first kappa shape index (κ1) is 19.9. The highest BCUT2D eigenvalue weighted by Gasteiger charge is 2.17. The topological polar surface area (TPSA) is 96.5 Å². The fraction of sp³-hybridized carbons (Fsp3) is 0.0476. The van der Waals surface area contributed by atoms with Crippen molar-refractivity contribution in [1.29, 1.82) is 5.26 Å². The summed E-state index contributed by atoms with van der Waals surface area (Å²) in [4.78, 5) is 29.6. The Hall–Kier alpha value is -3.89. The van der Waals surface area contributed by atoms with Crippen LogP contribution in [0.2, 0.25) is 5.02 Å². The third-order valence-electron chi connectivity index (χ3n) is 3.82. The van der Waals surface area contributed by atoms with Gasteiger partial charge in [0.05, 0.1) is 0 Å². The summed E-state index contributed by atoms with van der Waals surface area (Å²) in [6.07, 6.45) is 4.19. The van der Waals surface area contributed by atoms with Crippen LogP contribution in [0.25, 0.3) is 11.7 Å². The molecule has 0 fully saturated rings. The number of carbonyl (C=O) groups excluding carboxylic acids is 1. The van der Waals surface area contributed by atoms with E-state index in [4.69, 9.17) is 16.3 Å². The highest BCUT2D eigenvalue weighted by molar-refractivity contribution is 6.30. The third-order valence-corrected chi connectivity index (χ3v) is 4.07. The highest BCUT2D eigenvalue weighted by atomic mass is 35.5. The Labute approximate surface area is 171 Å². The summed E-state index contributed by atoms with van der Waals surface area (Å²) in [5.41, 5.74) is -0.423. The number of nitrogens with one attached hydrogen (secondary N) is 1. The van der Waals surface area contributed by atoms with Crippen molar-refractivity contribution < 1.29 is 9.53 Å². The maximum atomic E-state index is 13.0. The summed E-state index contributed by atoms with van der Waals surface area (Å²) in [6.45, 7) is 3.69. The molecule has 8 heteroatoms. The second kappa shape index (κ2) is 8.87. The largest absolute Gasteiger partial charge is 0.438 e. The lowest BCUT2D eigenvalue weighted by Gasteiger charge is -2.10. The molecule has 144 valence electrons. The summed E-state index contributed by atoms with van der Waals surface area (Å²) < 4.78 is 7.08. The van der Waals surface area contributed by atoms with E-state index in [0.717, 1.165) is 0 Å². The Balaban J connectivity index is 2.16. The molecule has 0 aliphatic carbocycles. The van der Waals surface area contributed by atoms with Crippen molar-refractivity contribution in [3.05, 3.63) is 87.8 Å². The molecule has 0 atom stereocenters. The Bertz CT molecular complexity index is 1210. The number of benzene rings is 1. The Kier molecular flexibility index (Phi) is 6.07. The molecule has 0 unspecified atom stereocenters. The molecule has 0 saturated heterocycles. The number of carbonyl (C=O) groups is 1. The first-order valence-corrected chi connectivity index (χ1v) is 8.87. The number of ether oxygens (including phenoxy) is 1. The van der Waals surface area contributed by atoms with Gasteiger partial charge in [-0.3, -0.25) is 14.0 Å². The number of nitriles is 1. The predicted molar refractivity (Wildman–Crippen MR) is 110 cm³/mol. The lowest BCUT2D eigenvalue weighted by Crippen LogP contribution is -2.25. The van der Waals surface area contributed by atoms with Crippen LogP contribution in [0.1, 0.15) is 5.56 Å². The molecule has 1 aromatic carbocycles. The zero-order valence-electron chi connectivity index (χ0n) is 15.1. The number of pyridine rings is 1. The summed E-state index contributed by atoms with van der Waals surface area (Å²) in [6, 6.07) is 13.3. The number of rotatable bonds is 6. The van der Waals surface area contributed by atoms with E-state index < -0.39 is 11.5 Å². The molecular formula is C21H15ClN4O3. The summed E-state index contributed by atoms with van der Waals surface area (Å²) >= 11 is 5.89. The first-order valence-electron chi connectivity index (χ1n) is 8.49. The van der Waals surface area contributed by atoms with Gasteiger partial charge in [0.25, 0.3) is 11.5 Å². The smallest absolute Gasteiger partial charge is 0.269 e. The molecule has 0 saturated carbocycles. The Morgan fingerprint density at radius 2 is 2.07 bits per heavy atom. The van der Waals surface area contributed by atoms with E-state index in [-0.39, 0.29) is 23.6 Å². The van der Waals surface area contributed by atoms with Gasteiger partial charge in [0.2, 0.25) is 5.88 Å². The summed E-state index contributed by atoms with van der Waals surface area (Å²) in [5.74, 6) is -0.277. The average molecular weight is 407 g/mol. The molecule has 3 rings (SSSR count). The van der Waals surface area contributed by atoms with Crippen molar-refractivity contribution in [2.75, 3.05) is 6.54 Å². The molecule has 29 heavy (non-hydrogen) atoms. The number of hydrogen-bond donors (Lipinski definition) is 1. The van der Waals surface area contributed by atoms with Crippen molar-refractivity contribution in [3.63, 3.8) is 0 Å².